The first-order valence-electron chi connectivity index (χ1n) is 5.85. The van der Waals surface area contributed by atoms with E-state index < -0.39 is 5.97 Å². The molecule has 5 nitrogen and oxygen atoms in total. The van der Waals surface area contributed by atoms with Crippen molar-refractivity contribution in [1.29, 1.82) is 0 Å². The summed E-state index contributed by atoms with van der Waals surface area (Å²) in [7, 11) is 0. The van der Waals surface area contributed by atoms with Crippen molar-refractivity contribution >= 4 is 5.97 Å². The molecule has 0 saturated carbocycles. The number of hydrogen-bond acceptors (Lipinski definition) is 4. The summed E-state index contributed by atoms with van der Waals surface area (Å²) in [5.41, 5.74) is 0.905. The van der Waals surface area contributed by atoms with Crippen molar-refractivity contribution in [3.63, 3.8) is 0 Å². The summed E-state index contributed by atoms with van der Waals surface area (Å²) in [6.07, 6.45) is 0. The van der Waals surface area contributed by atoms with E-state index in [1.807, 2.05) is 20.8 Å². The molecule has 1 fully saturated rings. The van der Waals surface area contributed by atoms with Crippen molar-refractivity contribution < 1.29 is 14.3 Å². The zero-order valence-electron chi connectivity index (χ0n) is 10.4. The summed E-state index contributed by atoms with van der Waals surface area (Å²) in [4.78, 5) is 17.4. The predicted octanol–water partition coefficient (Wildman–Crippen LogP) is 1.44. The number of rotatable bonds is 3. The minimum atomic E-state index is -0.709. The lowest BCUT2D eigenvalue weighted by Crippen LogP contribution is -2.23. The SMILES string of the molecule is Cc1nc(CN2C[C@@H](C)[C@H](C(=O)O)C2)oc1C. The van der Waals surface area contributed by atoms with Crippen LogP contribution in [-0.4, -0.2) is 34.0 Å². The normalized spacial score (nSPS) is 25.4. The van der Waals surface area contributed by atoms with Gasteiger partial charge in [0.2, 0.25) is 5.89 Å². The van der Waals surface area contributed by atoms with Crippen LogP contribution < -0.4 is 0 Å². The van der Waals surface area contributed by atoms with E-state index in [2.05, 4.69) is 9.88 Å². The molecule has 17 heavy (non-hydrogen) atoms. The van der Waals surface area contributed by atoms with Crippen LogP contribution in [0.15, 0.2) is 4.42 Å². The van der Waals surface area contributed by atoms with Crippen LogP contribution in [0.25, 0.3) is 0 Å². The Kier molecular flexibility index (Phi) is 3.19. The fourth-order valence-electron chi connectivity index (χ4n) is 2.32. The van der Waals surface area contributed by atoms with Crippen LogP contribution in [0.3, 0.4) is 0 Å². The van der Waals surface area contributed by atoms with Crippen LogP contribution in [0, 0.1) is 25.7 Å². The van der Waals surface area contributed by atoms with Crippen molar-refractivity contribution in [1.82, 2.24) is 9.88 Å². The largest absolute Gasteiger partial charge is 0.481 e. The minimum absolute atomic E-state index is 0.185. The first kappa shape index (κ1) is 12.1. The van der Waals surface area contributed by atoms with Crippen LogP contribution in [0.2, 0.25) is 0 Å². The molecule has 1 saturated heterocycles. The highest BCUT2D eigenvalue weighted by Gasteiger charge is 2.35. The summed E-state index contributed by atoms with van der Waals surface area (Å²) in [5.74, 6) is 0.719. The minimum Gasteiger partial charge on any atom is -0.481 e. The second kappa shape index (κ2) is 4.49. The Balaban J connectivity index is 2.00. The molecule has 1 aliphatic heterocycles. The van der Waals surface area contributed by atoms with Gasteiger partial charge in [-0.1, -0.05) is 6.92 Å². The van der Waals surface area contributed by atoms with Crippen LogP contribution >= 0.6 is 0 Å². The molecule has 0 unspecified atom stereocenters. The summed E-state index contributed by atoms with van der Waals surface area (Å²) in [6, 6.07) is 0. The number of nitrogens with zero attached hydrogens (tertiary/aromatic N) is 2. The van der Waals surface area contributed by atoms with Gasteiger partial charge in [0.15, 0.2) is 0 Å². The lowest BCUT2D eigenvalue weighted by molar-refractivity contribution is -0.142. The Labute approximate surface area is 100 Å². The Morgan fingerprint density at radius 1 is 1.53 bits per heavy atom. The first-order valence-corrected chi connectivity index (χ1v) is 5.85. The van der Waals surface area contributed by atoms with Gasteiger partial charge in [-0.25, -0.2) is 4.98 Å². The molecule has 0 aliphatic carbocycles. The van der Waals surface area contributed by atoms with Gasteiger partial charge >= 0.3 is 5.97 Å². The zero-order chi connectivity index (χ0) is 12.6. The Bertz CT molecular complexity index is 408. The van der Waals surface area contributed by atoms with Gasteiger partial charge < -0.3 is 9.52 Å². The fourth-order valence-corrected chi connectivity index (χ4v) is 2.32. The van der Waals surface area contributed by atoms with Gasteiger partial charge in [0, 0.05) is 13.1 Å². The van der Waals surface area contributed by atoms with E-state index in [4.69, 9.17) is 9.52 Å². The van der Waals surface area contributed by atoms with E-state index in [1.54, 1.807) is 0 Å². The van der Waals surface area contributed by atoms with Crippen molar-refractivity contribution in [2.75, 3.05) is 13.1 Å². The van der Waals surface area contributed by atoms with Gasteiger partial charge in [-0.05, 0) is 19.8 Å². The Morgan fingerprint density at radius 3 is 2.71 bits per heavy atom. The molecule has 0 amide bonds. The number of oxazole rings is 1. The monoisotopic (exact) mass is 238 g/mol. The number of carbonyl (C=O) groups is 1. The zero-order valence-corrected chi connectivity index (χ0v) is 10.4. The fraction of sp³-hybridized carbons (Fsp3) is 0.667. The third kappa shape index (κ3) is 2.49. The second-order valence-electron chi connectivity index (χ2n) is 4.87. The standard InChI is InChI=1S/C12H18N2O3/c1-7-4-14(5-10(7)12(15)16)6-11-13-8(2)9(3)17-11/h7,10H,4-6H2,1-3H3,(H,15,16)/t7-,10-/m1/s1. The van der Waals surface area contributed by atoms with Crippen molar-refractivity contribution in [2.45, 2.75) is 27.3 Å². The van der Waals surface area contributed by atoms with E-state index >= 15 is 0 Å². The van der Waals surface area contributed by atoms with Gasteiger partial charge in [0.1, 0.15) is 5.76 Å². The molecule has 2 heterocycles. The number of carboxylic acid groups (broad SMARTS) is 1. The van der Waals surface area contributed by atoms with Crippen LogP contribution in [0.5, 0.6) is 0 Å². The maximum absolute atomic E-state index is 11.0. The van der Waals surface area contributed by atoms with Gasteiger partial charge in [0.25, 0.3) is 0 Å². The molecule has 1 aromatic rings. The van der Waals surface area contributed by atoms with Crippen molar-refractivity contribution in [2.24, 2.45) is 11.8 Å². The topological polar surface area (TPSA) is 66.6 Å². The highest BCUT2D eigenvalue weighted by atomic mass is 16.4. The Hall–Kier alpha value is -1.36. The highest BCUT2D eigenvalue weighted by Crippen LogP contribution is 2.24. The number of carboxylic acids is 1. The number of aryl methyl sites for hydroxylation is 2. The third-order valence-electron chi connectivity index (χ3n) is 3.44. The Morgan fingerprint density at radius 2 is 2.24 bits per heavy atom. The molecule has 0 aromatic carbocycles. The van der Waals surface area contributed by atoms with E-state index in [9.17, 15) is 4.79 Å². The third-order valence-corrected chi connectivity index (χ3v) is 3.44. The second-order valence-corrected chi connectivity index (χ2v) is 4.87. The quantitative estimate of drug-likeness (QED) is 0.863. The lowest BCUT2D eigenvalue weighted by Gasteiger charge is -2.11. The average molecular weight is 238 g/mol. The van der Waals surface area contributed by atoms with E-state index in [1.165, 1.54) is 0 Å². The molecule has 1 aliphatic rings. The molecule has 1 N–H and O–H groups in total. The number of hydrogen-bond donors (Lipinski definition) is 1. The van der Waals surface area contributed by atoms with Crippen molar-refractivity contribution in [3.8, 4) is 0 Å². The van der Waals surface area contributed by atoms with Crippen molar-refractivity contribution in [3.05, 3.63) is 17.3 Å². The molecule has 2 rings (SSSR count). The maximum Gasteiger partial charge on any atom is 0.308 e. The highest BCUT2D eigenvalue weighted by molar-refractivity contribution is 5.71. The maximum atomic E-state index is 11.0. The van der Waals surface area contributed by atoms with E-state index in [0.29, 0.717) is 19.0 Å². The molecular formula is C12H18N2O3. The van der Waals surface area contributed by atoms with E-state index in [0.717, 1.165) is 18.0 Å². The smallest absolute Gasteiger partial charge is 0.308 e. The van der Waals surface area contributed by atoms with Crippen LogP contribution in [-0.2, 0) is 11.3 Å². The van der Waals surface area contributed by atoms with Gasteiger partial charge in [-0.15, -0.1) is 0 Å². The average Bonchev–Trinajstić information content (AvgIpc) is 2.72. The molecule has 5 heteroatoms. The summed E-state index contributed by atoms with van der Waals surface area (Å²) in [5, 5.41) is 9.05. The molecule has 94 valence electrons. The number of likely N-dealkylation sites (tertiary alicyclic amines) is 1. The molecular weight excluding hydrogens is 220 g/mol. The number of aromatic nitrogens is 1. The molecule has 0 spiro atoms. The molecule has 1 aromatic heterocycles. The molecule has 0 radical (unpaired) electrons. The molecule has 2 atom stereocenters. The van der Waals surface area contributed by atoms with Gasteiger partial charge in [-0.2, -0.15) is 0 Å². The van der Waals surface area contributed by atoms with Crippen LogP contribution in [0.1, 0.15) is 24.3 Å². The first-order chi connectivity index (χ1) is 7.97. The summed E-state index contributed by atoms with van der Waals surface area (Å²) >= 11 is 0. The lowest BCUT2D eigenvalue weighted by atomic mass is 9.99. The van der Waals surface area contributed by atoms with Gasteiger partial charge in [0.05, 0.1) is 18.2 Å². The number of aliphatic carboxylic acids is 1. The van der Waals surface area contributed by atoms with E-state index in [-0.39, 0.29) is 11.8 Å². The summed E-state index contributed by atoms with van der Waals surface area (Å²) in [6.45, 7) is 7.75. The molecule has 0 bridgehead atoms. The summed E-state index contributed by atoms with van der Waals surface area (Å²) < 4.78 is 5.51. The predicted molar refractivity (Wildman–Crippen MR) is 61.5 cm³/mol. The van der Waals surface area contributed by atoms with Gasteiger partial charge in [-0.3, -0.25) is 9.69 Å². The van der Waals surface area contributed by atoms with Crippen LogP contribution in [0.4, 0.5) is 0 Å².